The highest BCUT2D eigenvalue weighted by Gasteiger charge is 2.16. The number of ether oxygens (including phenoxy) is 1. The number of benzene rings is 1. The summed E-state index contributed by atoms with van der Waals surface area (Å²) in [6, 6.07) is 5.72. The number of carbonyl (C=O) groups excluding carboxylic acids is 1. The summed E-state index contributed by atoms with van der Waals surface area (Å²) >= 11 is 0. The number of nitrogens with one attached hydrogen (secondary N) is 1. The third-order valence-electron chi connectivity index (χ3n) is 3.28. The molecule has 0 unspecified atom stereocenters. The van der Waals surface area contributed by atoms with Crippen LogP contribution in [0.4, 0.5) is 11.4 Å². The lowest BCUT2D eigenvalue weighted by Crippen LogP contribution is -2.16. The Morgan fingerprint density at radius 3 is 2.83 bits per heavy atom. The van der Waals surface area contributed by atoms with E-state index in [1.165, 1.54) is 25.7 Å². The van der Waals surface area contributed by atoms with Crippen molar-refractivity contribution >= 4 is 17.3 Å². The molecule has 4 heteroatoms. The van der Waals surface area contributed by atoms with Gasteiger partial charge in [0.05, 0.1) is 23.5 Å². The van der Waals surface area contributed by atoms with Crippen LogP contribution in [-0.4, -0.2) is 18.6 Å². The third-order valence-corrected chi connectivity index (χ3v) is 3.28. The second-order valence-electron chi connectivity index (χ2n) is 4.65. The first-order valence-corrected chi connectivity index (χ1v) is 6.54. The zero-order valence-corrected chi connectivity index (χ0v) is 10.7. The molecule has 1 aliphatic rings. The molecule has 0 atom stereocenters. The molecule has 0 heterocycles. The van der Waals surface area contributed by atoms with E-state index in [1.807, 2.05) is 0 Å². The molecule has 1 aromatic rings. The van der Waals surface area contributed by atoms with Crippen molar-refractivity contribution in [2.75, 3.05) is 17.7 Å². The molecule has 2 rings (SSSR count). The van der Waals surface area contributed by atoms with E-state index in [-0.39, 0.29) is 5.97 Å². The summed E-state index contributed by atoms with van der Waals surface area (Å²) in [7, 11) is 0. The van der Waals surface area contributed by atoms with Gasteiger partial charge in [-0.15, -0.1) is 0 Å². The first-order chi connectivity index (χ1) is 8.70. The Kier molecular flexibility index (Phi) is 4.07. The zero-order chi connectivity index (χ0) is 13.0. The topological polar surface area (TPSA) is 64.3 Å². The summed E-state index contributed by atoms with van der Waals surface area (Å²) in [5, 5.41) is 3.41. The maximum absolute atomic E-state index is 11.7. The van der Waals surface area contributed by atoms with Gasteiger partial charge in [-0.25, -0.2) is 4.79 Å². The molecule has 0 radical (unpaired) electrons. The minimum absolute atomic E-state index is 0.299. The molecule has 0 aromatic heterocycles. The van der Waals surface area contributed by atoms with Crippen molar-refractivity contribution in [1.82, 2.24) is 0 Å². The van der Waals surface area contributed by atoms with Gasteiger partial charge in [0.25, 0.3) is 0 Å². The van der Waals surface area contributed by atoms with Crippen molar-refractivity contribution in [3.05, 3.63) is 23.8 Å². The summed E-state index contributed by atoms with van der Waals surface area (Å²) in [5.41, 5.74) is 7.99. The maximum Gasteiger partial charge on any atom is 0.338 e. The van der Waals surface area contributed by atoms with Gasteiger partial charge >= 0.3 is 5.97 Å². The van der Waals surface area contributed by atoms with Crippen LogP contribution in [0.25, 0.3) is 0 Å². The summed E-state index contributed by atoms with van der Waals surface area (Å²) in [4.78, 5) is 11.7. The Morgan fingerprint density at radius 2 is 2.17 bits per heavy atom. The molecule has 0 amide bonds. The predicted octanol–water partition coefficient (Wildman–Crippen LogP) is 2.80. The summed E-state index contributed by atoms with van der Waals surface area (Å²) in [6.45, 7) is 2.18. The number of esters is 1. The normalized spacial score (nSPS) is 15.6. The van der Waals surface area contributed by atoms with Gasteiger partial charge < -0.3 is 15.8 Å². The van der Waals surface area contributed by atoms with Crippen LogP contribution in [0.15, 0.2) is 18.2 Å². The monoisotopic (exact) mass is 248 g/mol. The average molecular weight is 248 g/mol. The molecular formula is C14H20N2O2. The number of nitrogen functional groups attached to an aromatic ring is 1. The minimum atomic E-state index is -0.299. The van der Waals surface area contributed by atoms with Gasteiger partial charge in [-0.2, -0.15) is 0 Å². The fraction of sp³-hybridized carbons (Fsp3) is 0.500. The molecular weight excluding hydrogens is 228 g/mol. The van der Waals surface area contributed by atoms with Crippen LogP contribution in [0.1, 0.15) is 43.0 Å². The van der Waals surface area contributed by atoms with E-state index >= 15 is 0 Å². The lowest BCUT2D eigenvalue weighted by atomic mass is 10.1. The van der Waals surface area contributed by atoms with Crippen LogP contribution in [-0.2, 0) is 4.74 Å². The maximum atomic E-state index is 11.7. The largest absolute Gasteiger partial charge is 0.462 e. The summed E-state index contributed by atoms with van der Waals surface area (Å²) < 4.78 is 4.99. The van der Waals surface area contributed by atoms with Gasteiger partial charge in [-0.05, 0) is 38.0 Å². The molecule has 0 aliphatic heterocycles. The SMILES string of the molecule is CCOC(=O)c1ccc(N)c(NC2CCCC2)c1. The average Bonchev–Trinajstić information content (AvgIpc) is 2.85. The molecule has 1 saturated carbocycles. The number of hydrogen-bond acceptors (Lipinski definition) is 4. The highest BCUT2D eigenvalue weighted by atomic mass is 16.5. The number of nitrogens with two attached hydrogens (primary N) is 1. The molecule has 4 nitrogen and oxygen atoms in total. The van der Waals surface area contributed by atoms with Crippen LogP contribution < -0.4 is 11.1 Å². The van der Waals surface area contributed by atoms with Gasteiger partial charge in [0, 0.05) is 6.04 Å². The van der Waals surface area contributed by atoms with Crippen LogP contribution in [0, 0.1) is 0 Å². The van der Waals surface area contributed by atoms with Crippen molar-refractivity contribution in [1.29, 1.82) is 0 Å². The number of carbonyl (C=O) groups is 1. The van der Waals surface area contributed by atoms with E-state index in [1.54, 1.807) is 25.1 Å². The Balaban J connectivity index is 2.12. The second-order valence-corrected chi connectivity index (χ2v) is 4.65. The highest BCUT2D eigenvalue weighted by Crippen LogP contribution is 2.26. The molecule has 0 saturated heterocycles. The third kappa shape index (κ3) is 2.94. The van der Waals surface area contributed by atoms with E-state index in [9.17, 15) is 4.79 Å². The van der Waals surface area contributed by atoms with Gasteiger partial charge in [0.2, 0.25) is 0 Å². The molecule has 98 valence electrons. The van der Waals surface area contributed by atoms with Gasteiger partial charge in [0.15, 0.2) is 0 Å². The van der Waals surface area contributed by atoms with E-state index in [0.29, 0.717) is 23.9 Å². The molecule has 3 N–H and O–H groups in total. The highest BCUT2D eigenvalue weighted by molar-refractivity contribution is 5.92. The van der Waals surface area contributed by atoms with Crippen molar-refractivity contribution in [2.24, 2.45) is 0 Å². The lowest BCUT2D eigenvalue weighted by Gasteiger charge is -2.16. The van der Waals surface area contributed by atoms with Crippen LogP contribution in [0.3, 0.4) is 0 Å². The Labute approximate surface area is 108 Å². The molecule has 0 spiro atoms. The van der Waals surface area contributed by atoms with Crippen molar-refractivity contribution in [3.8, 4) is 0 Å². The lowest BCUT2D eigenvalue weighted by molar-refractivity contribution is 0.0526. The number of hydrogen-bond donors (Lipinski definition) is 2. The van der Waals surface area contributed by atoms with E-state index in [2.05, 4.69) is 5.32 Å². The van der Waals surface area contributed by atoms with Crippen molar-refractivity contribution in [2.45, 2.75) is 38.6 Å². The minimum Gasteiger partial charge on any atom is -0.462 e. The predicted molar refractivity (Wildman–Crippen MR) is 72.7 cm³/mol. The Bertz CT molecular complexity index is 426. The fourth-order valence-corrected chi connectivity index (χ4v) is 2.31. The van der Waals surface area contributed by atoms with Crippen LogP contribution in [0.2, 0.25) is 0 Å². The van der Waals surface area contributed by atoms with E-state index < -0.39 is 0 Å². The molecule has 1 aromatic carbocycles. The zero-order valence-electron chi connectivity index (χ0n) is 10.7. The van der Waals surface area contributed by atoms with Gasteiger partial charge in [-0.3, -0.25) is 0 Å². The van der Waals surface area contributed by atoms with Gasteiger partial charge in [-0.1, -0.05) is 12.8 Å². The molecule has 1 fully saturated rings. The first-order valence-electron chi connectivity index (χ1n) is 6.54. The molecule has 1 aliphatic carbocycles. The number of anilines is 2. The molecule has 0 bridgehead atoms. The van der Waals surface area contributed by atoms with Crippen molar-refractivity contribution in [3.63, 3.8) is 0 Å². The molecule has 18 heavy (non-hydrogen) atoms. The van der Waals surface area contributed by atoms with Gasteiger partial charge in [0.1, 0.15) is 0 Å². The Hall–Kier alpha value is -1.71. The smallest absolute Gasteiger partial charge is 0.338 e. The Morgan fingerprint density at radius 1 is 1.44 bits per heavy atom. The quantitative estimate of drug-likeness (QED) is 0.635. The standard InChI is InChI=1S/C14H20N2O2/c1-2-18-14(17)10-7-8-12(15)13(9-10)16-11-5-3-4-6-11/h7-9,11,16H,2-6,15H2,1H3. The van der Waals surface area contributed by atoms with E-state index in [4.69, 9.17) is 10.5 Å². The van der Waals surface area contributed by atoms with Crippen molar-refractivity contribution < 1.29 is 9.53 Å². The van der Waals surface area contributed by atoms with Crippen LogP contribution >= 0.6 is 0 Å². The summed E-state index contributed by atoms with van der Waals surface area (Å²) in [6.07, 6.45) is 4.86. The first kappa shape index (κ1) is 12.7. The van der Waals surface area contributed by atoms with E-state index in [0.717, 1.165) is 5.69 Å². The van der Waals surface area contributed by atoms with Crippen LogP contribution in [0.5, 0.6) is 0 Å². The number of rotatable bonds is 4. The summed E-state index contributed by atoms with van der Waals surface area (Å²) in [5.74, 6) is -0.299. The fourth-order valence-electron chi connectivity index (χ4n) is 2.31. The second kappa shape index (κ2) is 5.76.